The molecule has 0 saturated heterocycles. The lowest BCUT2D eigenvalue weighted by Crippen LogP contribution is -2.22. The van der Waals surface area contributed by atoms with E-state index in [2.05, 4.69) is 4.98 Å². The SMILES string of the molecule is O=C(O)c1cnc2cc(-c3cccc(F)c3)ccn2c1=O. The third-order valence-corrected chi connectivity index (χ3v) is 3.10. The lowest BCUT2D eigenvalue weighted by molar-refractivity contribution is 0.0694. The van der Waals surface area contributed by atoms with Gasteiger partial charge in [-0.25, -0.2) is 14.2 Å². The summed E-state index contributed by atoms with van der Waals surface area (Å²) in [4.78, 5) is 26.8. The van der Waals surface area contributed by atoms with Crippen LogP contribution in [0.1, 0.15) is 10.4 Å². The molecule has 3 rings (SSSR count). The largest absolute Gasteiger partial charge is 0.477 e. The van der Waals surface area contributed by atoms with E-state index >= 15 is 0 Å². The maximum atomic E-state index is 13.2. The number of benzene rings is 1. The number of carboxylic acids is 1. The van der Waals surface area contributed by atoms with Gasteiger partial charge in [0, 0.05) is 12.4 Å². The maximum absolute atomic E-state index is 13.2. The number of pyridine rings is 1. The first-order chi connectivity index (χ1) is 10.1. The van der Waals surface area contributed by atoms with Gasteiger partial charge < -0.3 is 5.11 Å². The lowest BCUT2D eigenvalue weighted by Gasteiger charge is -2.05. The van der Waals surface area contributed by atoms with E-state index in [-0.39, 0.29) is 5.82 Å². The molecule has 0 bridgehead atoms. The molecule has 0 spiro atoms. The number of carbonyl (C=O) groups is 1. The Morgan fingerprint density at radius 3 is 2.67 bits per heavy atom. The Morgan fingerprint density at radius 2 is 1.95 bits per heavy atom. The Bertz CT molecular complexity index is 918. The molecule has 6 heteroatoms. The number of halogens is 1. The Morgan fingerprint density at radius 1 is 1.19 bits per heavy atom. The van der Waals surface area contributed by atoms with Crippen LogP contribution in [0.2, 0.25) is 0 Å². The van der Waals surface area contributed by atoms with Crippen molar-refractivity contribution in [2.45, 2.75) is 0 Å². The number of hydrogen-bond donors (Lipinski definition) is 1. The molecule has 0 aliphatic carbocycles. The van der Waals surface area contributed by atoms with E-state index in [1.54, 1.807) is 24.3 Å². The first-order valence-corrected chi connectivity index (χ1v) is 6.07. The highest BCUT2D eigenvalue weighted by Gasteiger charge is 2.12. The molecule has 21 heavy (non-hydrogen) atoms. The van der Waals surface area contributed by atoms with Crippen LogP contribution >= 0.6 is 0 Å². The van der Waals surface area contributed by atoms with Gasteiger partial charge in [0.05, 0.1) is 0 Å². The van der Waals surface area contributed by atoms with Crippen molar-refractivity contribution in [2.24, 2.45) is 0 Å². The van der Waals surface area contributed by atoms with Crippen molar-refractivity contribution in [3.63, 3.8) is 0 Å². The summed E-state index contributed by atoms with van der Waals surface area (Å²) in [5.41, 5.74) is 0.578. The van der Waals surface area contributed by atoms with Crippen molar-refractivity contribution < 1.29 is 14.3 Å². The maximum Gasteiger partial charge on any atom is 0.342 e. The van der Waals surface area contributed by atoms with Gasteiger partial charge in [-0.05, 0) is 35.4 Å². The zero-order valence-electron chi connectivity index (χ0n) is 10.7. The minimum atomic E-state index is -1.32. The van der Waals surface area contributed by atoms with Crippen LogP contribution in [0.25, 0.3) is 16.8 Å². The van der Waals surface area contributed by atoms with Crippen LogP contribution in [0.4, 0.5) is 4.39 Å². The highest BCUT2D eigenvalue weighted by Crippen LogP contribution is 2.20. The quantitative estimate of drug-likeness (QED) is 0.783. The number of aromatic carboxylic acids is 1. The fourth-order valence-corrected chi connectivity index (χ4v) is 2.07. The summed E-state index contributed by atoms with van der Waals surface area (Å²) in [6, 6.07) is 9.24. The molecule has 0 aliphatic heterocycles. The fraction of sp³-hybridized carbons (Fsp3) is 0. The number of aromatic nitrogens is 2. The molecule has 5 nitrogen and oxygen atoms in total. The summed E-state index contributed by atoms with van der Waals surface area (Å²) in [7, 11) is 0. The molecule has 0 atom stereocenters. The van der Waals surface area contributed by atoms with Crippen LogP contribution in [-0.4, -0.2) is 20.5 Å². The third kappa shape index (κ3) is 2.27. The van der Waals surface area contributed by atoms with Crippen LogP contribution in [0.15, 0.2) is 53.6 Å². The van der Waals surface area contributed by atoms with Gasteiger partial charge in [-0.1, -0.05) is 12.1 Å². The minimum absolute atomic E-state index is 0.298. The van der Waals surface area contributed by atoms with Gasteiger partial charge in [-0.3, -0.25) is 9.20 Å². The predicted molar refractivity (Wildman–Crippen MR) is 73.8 cm³/mol. The lowest BCUT2D eigenvalue weighted by atomic mass is 10.1. The highest BCUT2D eigenvalue weighted by atomic mass is 19.1. The summed E-state index contributed by atoms with van der Waals surface area (Å²) in [5.74, 6) is -1.69. The second kappa shape index (κ2) is 4.82. The van der Waals surface area contributed by atoms with Crippen LogP contribution in [-0.2, 0) is 0 Å². The number of rotatable bonds is 2. The number of hydrogen-bond acceptors (Lipinski definition) is 3. The zero-order chi connectivity index (χ0) is 15.0. The standard InChI is InChI=1S/C15H9FN2O3/c16-11-3-1-2-9(6-11)10-4-5-18-13(7-10)17-8-12(14(18)19)15(20)21/h1-8H,(H,20,21). The molecule has 0 saturated carbocycles. The average Bonchev–Trinajstić information content (AvgIpc) is 2.47. The summed E-state index contributed by atoms with van der Waals surface area (Å²) in [6.07, 6.45) is 2.45. The Hall–Kier alpha value is -3.02. The van der Waals surface area contributed by atoms with Crippen molar-refractivity contribution in [2.75, 3.05) is 0 Å². The molecule has 0 amide bonds. The van der Waals surface area contributed by atoms with Gasteiger partial charge in [0.25, 0.3) is 5.56 Å². The van der Waals surface area contributed by atoms with Crippen LogP contribution in [0, 0.1) is 5.82 Å². The van der Waals surface area contributed by atoms with Crippen molar-refractivity contribution in [1.29, 1.82) is 0 Å². The van der Waals surface area contributed by atoms with Crippen molar-refractivity contribution in [3.8, 4) is 11.1 Å². The van der Waals surface area contributed by atoms with Gasteiger partial charge in [0.15, 0.2) is 0 Å². The minimum Gasteiger partial charge on any atom is -0.477 e. The number of nitrogens with zero attached hydrogens (tertiary/aromatic N) is 2. The summed E-state index contributed by atoms with van der Waals surface area (Å²) in [6.45, 7) is 0. The number of fused-ring (bicyclic) bond motifs is 1. The molecule has 1 N–H and O–H groups in total. The molecule has 0 aliphatic rings. The molecule has 0 fully saturated rings. The predicted octanol–water partition coefficient (Wildman–Crippen LogP) is 2.20. The van der Waals surface area contributed by atoms with Gasteiger partial charge in [0.1, 0.15) is 17.0 Å². The average molecular weight is 284 g/mol. The van der Waals surface area contributed by atoms with Gasteiger partial charge in [-0.15, -0.1) is 0 Å². The van der Waals surface area contributed by atoms with Crippen molar-refractivity contribution in [3.05, 3.63) is 70.5 Å². The molecule has 0 unspecified atom stereocenters. The van der Waals surface area contributed by atoms with Crippen molar-refractivity contribution in [1.82, 2.24) is 9.38 Å². The monoisotopic (exact) mass is 284 g/mol. The first kappa shape index (κ1) is 13.0. The molecule has 104 valence electrons. The van der Waals surface area contributed by atoms with Crippen LogP contribution in [0.3, 0.4) is 0 Å². The van der Waals surface area contributed by atoms with E-state index in [1.807, 2.05) is 0 Å². The molecule has 3 aromatic rings. The van der Waals surface area contributed by atoms with E-state index in [4.69, 9.17) is 5.11 Å². The van der Waals surface area contributed by atoms with Crippen molar-refractivity contribution >= 4 is 11.6 Å². The van der Waals surface area contributed by atoms with E-state index in [0.29, 0.717) is 16.8 Å². The molecular formula is C15H9FN2O3. The molecule has 0 radical (unpaired) electrons. The Balaban J connectivity index is 2.20. The summed E-state index contributed by atoms with van der Waals surface area (Å²) in [5, 5.41) is 8.89. The van der Waals surface area contributed by atoms with E-state index < -0.39 is 17.1 Å². The molecule has 1 aromatic carbocycles. The normalized spacial score (nSPS) is 10.7. The van der Waals surface area contributed by atoms with Crippen LogP contribution in [0.5, 0.6) is 0 Å². The topological polar surface area (TPSA) is 71.7 Å². The van der Waals surface area contributed by atoms with Crippen LogP contribution < -0.4 is 5.56 Å². The second-order valence-electron chi connectivity index (χ2n) is 4.44. The van der Waals surface area contributed by atoms with Gasteiger partial charge in [-0.2, -0.15) is 0 Å². The summed E-state index contributed by atoms with van der Waals surface area (Å²) >= 11 is 0. The Kier molecular flexibility index (Phi) is 2.98. The summed E-state index contributed by atoms with van der Waals surface area (Å²) < 4.78 is 14.4. The second-order valence-corrected chi connectivity index (χ2v) is 4.44. The van der Waals surface area contributed by atoms with E-state index in [0.717, 1.165) is 10.6 Å². The fourth-order valence-electron chi connectivity index (χ4n) is 2.07. The van der Waals surface area contributed by atoms with E-state index in [1.165, 1.54) is 18.3 Å². The zero-order valence-corrected chi connectivity index (χ0v) is 10.7. The molecular weight excluding hydrogens is 275 g/mol. The Labute approximate surface area is 117 Å². The van der Waals surface area contributed by atoms with E-state index in [9.17, 15) is 14.0 Å². The van der Waals surface area contributed by atoms with Gasteiger partial charge in [0.2, 0.25) is 0 Å². The first-order valence-electron chi connectivity index (χ1n) is 6.07. The molecule has 2 heterocycles. The highest BCUT2D eigenvalue weighted by molar-refractivity contribution is 5.87. The molecule has 2 aromatic heterocycles. The third-order valence-electron chi connectivity index (χ3n) is 3.10. The number of carboxylic acid groups (broad SMARTS) is 1. The smallest absolute Gasteiger partial charge is 0.342 e. The van der Waals surface area contributed by atoms with Gasteiger partial charge >= 0.3 is 5.97 Å².